The maximum Gasteiger partial charge on any atom is 0.416 e. The Kier molecular flexibility index (Phi) is 17.0. The van der Waals surface area contributed by atoms with Gasteiger partial charge in [-0.05, 0) is 65.8 Å². The molecular weight excluding hydrogens is 923 g/mol. The number of nitrogens with zero attached hydrogens (tertiary/aromatic N) is 2. The molecule has 8 rings (SSSR count). The molecule has 0 aliphatic carbocycles. The van der Waals surface area contributed by atoms with Gasteiger partial charge in [-0.3, -0.25) is 4.90 Å². The number of alkyl halides is 6. The van der Waals surface area contributed by atoms with Crippen LogP contribution in [0.4, 0.5) is 35.9 Å². The molecule has 4 atom stereocenters. The summed E-state index contributed by atoms with van der Waals surface area (Å²) in [5.74, 6) is -0.475. The van der Waals surface area contributed by atoms with Crippen molar-refractivity contribution in [2.75, 3.05) is 6.61 Å². The topological polar surface area (TPSA) is 94.6 Å². The zero-order valence-corrected chi connectivity index (χ0v) is 38.1. The number of hydrogen-bond acceptors (Lipinski definition) is 7. The van der Waals surface area contributed by atoms with E-state index in [1.807, 2.05) is 97.1 Å². The predicted octanol–water partition coefficient (Wildman–Crippen LogP) is 13.4. The maximum absolute atomic E-state index is 13.4. The third kappa shape index (κ3) is 12.7. The van der Waals surface area contributed by atoms with Gasteiger partial charge in [0.2, 0.25) is 6.23 Å². The van der Waals surface area contributed by atoms with Crippen molar-refractivity contribution < 1.29 is 59.7 Å². The van der Waals surface area contributed by atoms with Crippen LogP contribution in [0.5, 0.6) is 0 Å². The molecule has 2 aliphatic heterocycles. The Hall–Kier alpha value is -7.04. The second-order valence-electron chi connectivity index (χ2n) is 16.0. The molecule has 0 N–H and O–H groups in total. The summed E-state index contributed by atoms with van der Waals surface area (Å²) in [5, 5.41) is 0. The first kappa shape index (κ1) is 51.4. The smallest absolute Gasteiger partial charge is 0.416 e. The van der Waals surface area contributed by atoms with Crippen LogP contribution in [0, 0.1) is 0 Å². The lowest BCUT2D eigenvalue weighted by Crippen LogP contribution is -2.51. The summed E-state index contributed by atoms with van der Waals surface area (Å²) in [6.45, 7) is 1.30. The van der Waals surface area contributed by atoms with E-state index >= 15 is 0 Å². The van der Waals surface area contributed by atoms with Crippen molar-refractivity contribution in [2.24, 2.45) is 0 Å². The van der Waals surface area contributed by atoms with Crippen LogP contribution >= 0.6 is 13.5 Å². The Morgan fingerprint density at radius 2 is 1.13 bits per heavy atom. The van der Waals surface area contributed by atoms with Gasteiger partial charge >= 0.3 is 30.5 Å². The van der Waals surface area contributed by atoms with Gasteiger partial charge < -0.3 is 18.9 Å². The van der Waals surface area contributed by atoms with Gasteiger partial charge in [0.05, 0.1) is 29.4 Å². The zero-order chi connectivity index (χ0) is 48.3. The number of rotatable bonds is 11. The third-order valence-electron chi connectivity index (χ3n) is 11.4. The van der Waals surface area contributed by atoms with E-state index in [-0.39, 0.29) is 44.9 Å². The Labute approximate surface area is 402 Å². The van der Waals surface area contributed by atoms with E-state index in [0.29, 0.717) is 41.7 Å². The van der Waals surface area contributed by atoms with Crippen LogP contribution < -0.4 is 0 Å². The summed E-state index contributed by atoms with van der Waals surface area (Å²) < 4.78 is 103. The van der Waals surface area contributed by atoms with E-state index in [4.69, 9.17) is 18.9 Å². The van der Waals surface area contributed by atoms with Crippen molar-refractivity contribution >= 4 is 31.7 Å². The Morgan fingerprint density at radius 3 is 1.64 bits per heavy atom. The molecule has 360 valence electrons. The van der Waals surface area contributed by atoms with Gasteiger partial charge in [0.15, 0.2) is 6.04 Å². The molecule has 2 aliphatic rings. The normalized spacial score (nSPS) is 18.2. The summed E-state index contributed by atoms with van der Waals surface area (Å²) in [5.41, 5.74) is -0.514. The molecule has 6 aromatic carbocycles. The van der Waals surface area contributed by atoms with Crippen molar-refractivity contribution in [1.82, 2.24) is 9.80 Å². The molecule has 0 bridgehead atoms. The predicted molar refractivity (Wildman–Crippen MR) is 249 cm³/mol. The van der Waals surface area contributed by atoms with Crippen molar-refractivity contribution in [3.63, 3.8) is 0 Å². The Morgan fingerprint density at radius 1 is 0.667 bits per heavy atom. The number of cyclic esters (lactones) is 1. The lowest BCUT2D eigenvalue weighted by Gasteiger charge is -2.44. The minimum atomic E-state index is -4.98. The first-order valence-electron chi connectivity index (χ1n) is 21.6. The number of hydrogen-bond donors (Lipinski definition) is 0. The van der Waals surface area contributed by atoms with Crippen LogP contribution in [0.3, 0.4) is 0 Å². The number of ether oxygens (including phenoxy) is 4. The van der Waals surface area contributed by atoms with Crippen LogP contribution in [0.25, 0.3) is 0 Å². The highest BCUT2D eigenvalue weighted by atomic mass is 32.1. The van der Waals surface area contributed by atoms with E-state index in [1.54, 1.807) is 66.9 Å². The highest BCUT2D eigenvalue weighted by Gasteiger charge is 2.48. The molecule has 0 radical (unpaired) electrons. The van der Waals surface area contributed by atoms with E-state index in [2.05, 4.69) is 0 Å². The molecular formula is C53H48F6N2O7S. The second kappa shape index (κ2) is 22.8. The van der Waals surface area contributed by atoms with Crippen LogP contribution in [-0.4, -0.2) is 34.6 Å². The minimum Gasteiger partial charge on any atom is -0.444 e. The van der Waals surface area contributed by atoms with Crippen LogP contribution in [0.15, 0.2) is 182 Å². The molecule has 9 nitrogen and oxygen atoms in total. The average Bonchev–Trinajstić information content (AvgIpc) is 3.72. The molecule has 0 unspecified atom stereocenters. The van der Waals surface area contributed by atoms with Crippen molar-refractivity contribution in [2.45, 2.75) is 69.2 Å². The van der Waals surface area contributed by atoms with E-state index < -0.39 is 65.5 Å². The van der Waals surface area contributed by atoms with Crippen molar-refractivity contribution in [3.05, 3.63) is 227 Å². The summed E-state index contributed by atoms with van der Waals surface area (Å²) in [4.78, 5) is 41.8. The van der Waals surface area contributed by atoms with Crippen LogP contribution in [-0.2, 0) is 54.8 Å². The van der Waals surface area contributed by atoms with Gasteiger partial charge in [-0.15, -0.1) is 0 Å². The number of benzene rings is 6. The first-order valence-corrected chi connectivity index (χ1v) is 21.6. The fourth-order valence-electron chi connectivity index (χ4n) is 7.87. The minimum absolute atomic E-state index is 0. The van der Waals surface area contributed by atoms with Crippen LogP contribution in [0.1, 0.15) is 82.6 Å². The average molecular weight is 971 g/mol. The van der Waals surface area contributed by atoms with Crippen LogP contribution in [0.2, 0.25) is 0 Å². The largest absolute Gasteiger partial charge is 0.444 e. The SMILES string of the molecule is C[C@@H](OC[C@@]1(c2ccccc2)CCC=CN1C(=O)OCc1ccccc1)c1cc(C(F)(F)F)cc(C(F)(F)F)c1.O=C1O[C@H](c2ccccc2)N(C(=O)OCc2ccccc2)[C@H]1c1ccccc1.S. The highest BCUT2D eigenvalue weighted by molar-refractivity contribution is 7.59. The van der Waals surface area contributed by atoms with Gasteiger partial charge in [0.1, 0.15) is 13.2 Å². The maximum atomic E-state index is 13.4. The summed E-state index contributed by atoms with van der Waals surface area (Å²) in [7, 11) is 0. The van der Waals surface area contributed by atoms with Gasteiger partial charge in [-0.25, -0.2) is 19.3 Å². The Bertz CT molecular complexity index is 2610. The number of allylic oxidation sites excluding steroid dienone is 1. The van der Waals surface area contributed by atoms with Crippen molar-refractivity contribution in [3.8, 4) is 0 Å². The summed E-state index contributed by atoms with van der Waals surface area (Å²) >= 11 is 0. The lowest BCUT2D eigenvalue weighted by molar-refractivity contribution is -0.144. The first-order chi connectivity index (χ1) is 32.6. The number of esters is 1. The fourth-order valence-corrected chi connectivity index (χ4v) is 7.87. The molecule has 1 fully saturated rings. The standard InChI is InChI=1S/C30H27F6NO3.C23H19NO4.H2S/c1-21(23-16-25(29(31,32)33)18-26(17-23)30(34,35)36)40-20-28(24-12-6-3-7-13-24)14-8-9-15-37(28)27(38)39-19-22-10-4-2-5-11-22;25-22-20(18-12-6-2-7-13-18)24(21(28-22)19-14-8-3-9-15-19)23(26)27-16-17-10-4-1-5-11-17;/h2-7,9-13,15-18,21H,8,14,19-20H2,1H3;1-15,20-21H,16H2;1H2/t21-,28-;20-,21+;/m10./s1. The zero-order valence-electron chi connectivity index (χ0n) is 37.1. The number of carbonyl (C=O) groups is 3. The van der Waals surface area contributed by atoms with Gasteiger partial charge in [0, 0.05) is 11.8 Å². The van der Waals surface area contributed by atoms with Crippen molar-refractivity contribution in [1.29, 1.82) is 0 Å². The molecule has 0 saturated carbocycles. The molecule has 6 aromatic rings. The second-order valence-corrected chi connectivity index (χ2v) is 16.0. The summed E-state index contributed by atoms with van der Waals surface area (Å²) in [6, 6.07) is 46.2. The molecule has 16 heteroatoms. The Balaban J connectivity index is 0.000000237. The van der Waals surface area contributed by atoms with E-state index in [9.17, 15) is 40.7 Å². The quantitative estimate of drug-likeness (QED) is 0.0725. The third-order valence-corrected chi connectivity index (χ3v) is 11.4. The van der Waals surface area contributed by atoms with Gasteiger partial charge in [0.25, 0.3) is 0 Å². The summed E-state index contributed by atoms with van der Waals surface area (Å²) in [6.07, 6.45) is -8.91. The molecule has 2 amide bonds. The molecule has 0 spiro atoms. The fraction of sp³-hybridized carbons (Fsp3) is 0.226. The monoisotopic (exact) mass is 970 g/mol. The molecule has 69 heavy (non-hydrogen) atoms. The lowest BCUT2D eigenvalue weighted by atomic mass is 9.82. The van der Waals surface area contributed by atoms with E-state index in [1.165, 1.54) is 16.7 Å². The highest BCUT2D eigenvalue weighted by Crippen LogP contribution is 2.43. The molecule has 0 aromatic heterocycles. The van der Waals surface area contributed by atoms with Gasteiger partial charge in [-0.2, -0.15) is 39.8 Å². The number of amides is 2. The number of halogens is 6. The number of carbonyl (C=O) groups excluding carboxylic acids is 3. The van der Waals surface area contributed by atoms with Gasteiger partial charge in [-0.1, -0.05) is 158 Å². The molecule has 1 saturated heterocycles. The van der Waals surface area contributed by atoms with E-state index in [0.717, 1.165) is 11.1 Å². The molecule has 2 heterocycles.